The number of cyclic esters (lactones) is 2. The smallest absolute Gasteiger partial charge is 0.343 e. The van der Waals surface area contributed by atoms with E-state index in [1.54, 1.807) is 4.90 Å². The summed E-state index contributed by atoms with van der Waals surface area (Å²) >= 11 is 0. The molecule has 9 nitrogen and oxygen atoms in total. The number of fused-ring (bicyclic) bond motifs is 1. The zero-order chi connectivity index (χ0) is 33.6. The average Bonchev–Trinajstić information content (AvgIpc) is 3.66. The van der Waals surface area contributed by atoms with Gasteiger partial charge in [-0.3, -0.25) is 14.4 Å². The molecule has 2 fully saturated rings. The molecule has 1 spiro atoms. The van der Waals surface area contributed by atoms with Crippen LogP contribution in [0.3, 0.4) is 0 Å². The Balaban J connectivity index is 1.32. The van der Waals surface area contributed by atoms with E-state index >= 15 is 0 Å². The molecule has 0 unspecified atom stereocenters. The Morgan fingerprint density at radius 1 is 1.00 bits per heavy atom. The van der Waals surface area contributed by atoms with Crippen molar-refractivity contribution < 1.29 is 38.2 Å². The molecule has 48 heavy (non-hydrogen) atoms. The van der Waals surface area contributed by atoms with Gasteiger partial charge in [0.25, 0.3) is 0 Å². The van der Waals surface area contributed by atoms with Crippen molar-refractivity contribution in [3.63, 3.8) is 0 Å². The number of carbonyl (C=O) groups excluding carboxylic acids is 5. The number of carbonyl (C=O) groups is 5. The van der Waals surface area contributed by atoms with Crippen LogP contribution in [0.5, 0.6) is 0 Å². The lowest BCUT2D eigenvalue weighted by molar-refractivity contribution is -0.268. The molecule has 0 N–H and O–H groups in total. The minimum atomic E-state index is -1.77. The standard InChI is InChI=1S/C39H43NO8/c1-3-5-7-8-9-11-15-25-20-31-38(23-32(42)40-19-18-24-14-12-13-16-28(24)40)22-27-33(36(44)46-35(27)43)34-26(25)21-30(29(41)17-10-6-4-2)47-39(31,34)48-37(38)45/h3-6,12-14,16,20,25-26,30,34H,7-11,15,17-19,21-23H2,1-2H3/b5-3+,6-4+/t25-,26+,30-,34-,38-,39-/m1/s1. The van der Waals surface area contributed by atoms with Gasteiger partial charge in [0.1, 0.15) is 11.5 Å². The van der Waals surface area contributed by atoms with Crippen molar-refractivity contribution in [2.45, 2.75) is 96.4 Å². The topological polar surface area (TPSA) is 116 Å². The largest absolute Gasteiger partial charge is 0.427 e. The van der Waals surface area contributed by atoms with Gasteiger partial charge in [-0.05, 0) is 75.8 Å². The van der Waals surface area contributed by atoms with Crippen LogP contribution in [0.25, 0.3) is 0 Å². The van der Waals surface area contributed by atoms with Crippen molar-refractivity contribution in [2.75, 3.05) is 11.4 Å². The van der Waals surface area contributed by atoms with Crippen molar-refractivity contribution in [2.24, 2.45) is 23.2 Å². The summed E-state index contributed by atoms with van der Waals surface area (Å²) in [7, 11) is 0. The zero-order valence-electron chi connectivity index (χ0n) is 27.7. The van der Waals surface area contributed by atoms with Crippen molar-refractivity contribution in [1.82, 2.24) is 0 Å². The molecular formula is C39H43NO8. The lowest BCUT2D eigenvalue weighted by Gasteiger charge is -2.52. The molecule has 0 aromatic heterocycles. The summed E-state index contributed by atoms with van der Waals surface area (Å²) in [5, 5.41) is 0. The van der Waals surface area contributed by atoms with Crippen molar-refractivity contribution in [3.05, 3.63) is 76.9 Å². The van der Waals surface area contributed by atoms with E-state index in [-0.39, 0.29) is 53.9 Å². The molecule has 1 aromatic carbocycles. The molecule has 9 heteroatoms. The number of amides is 1. The summed E-state index contributed by atoms with van der Waals surface area (Å²) in [6.07, 6.45) is 15.3. The fourth-order valence-electron chi connectivity index (χ4n) is 9.09. The lowest BCUT2D eigenvalue weighted by Crippen LogP contribution is -2.59. The van der Waals surface area contributed by atoms with E-state index in [9.17, 15) is 24.0 Å². The number of hydrogen-bond donors (Lipinski definition) is 0. The highest BCUT2D eigenvalue weighted by Crippen LogP contribution is 2.67. The van der Waals surface area contributed by atoms with Crippen LogP contribution in [-0.4, -0.2) is 48.0 Å². The number of anilines is 1. The van der Waals surface area contributed by atoms with E-state index in [2.05, 4.69) is 12.2 Å². The maximum absolute atomic E-state index is 14.4. The van der Waals surface area contributed by atoms with Crippen LogP contribution in [0, 0.1) is 23.2 Å². The summed E-state index contributed by atoms with van der Waals surface area (Å²) in [6.45, 7) is 4.38. The number of benzene rings is 1. The molecular weight excluding hydrogens is 610 g/mol. The second-order valence-corrected chi connectivity index (χ2v) is 14.0. The Bertz CT molecular complexity index is 1680. The number of esters is 3. The normalized spacial score (nSPS) is 31.6. The summed E-state index contributed by atoms with van der Waals surface area (Å²) in [5.41, 5.74) is 1.06. The first kappa shape index (κ1) is 32.4. The Labute approximate surface area is 281 Å². The molecule has 4 aliphatic heterocycles. The number of hydrogen-bond acceptors (Lipinski definition) is 8. The molecule has 0 saturated carbocycles. The first-order chi connectivity index (χ1) is 23.2. The number of Topliss-reactive ketones (excluding diaryl/α,β-unsaturated/α-hetero) is 1. The third-order valence-electron chi connectivity index (χ3n) is 11.3. The van der Waals surface area contributed by atoms with Gasteiger partial charge >= 0.3 is 17.9 Å². The fraction of sp³-hybridized carbons (Fsp3) is 0.513. The molecule has 6 aliphatic rings. The summed E-state index contributed by atoms with van der Waals surface area (Å²) < 4.78 is 18.2. The quantitative estimate of drug-likeness (QED) is 0.116. The van der Waals surface area contributed by atoms with E-state index in [1.807, 2.05) is 56.3 Å². The third-order valence-corrected chi connectivity index (χ3v) is 11.3. The highest BCUT2D eigenvalue weighted by Gasteiger charge is 2.75. The average molecular weight is 654 g/mol. The van der Waals surface area contributed by atoms with Crippen molar-refractivity contribution >= 4 is 35.3 Å². The molecule has 252 valence electrons. The van der Waals surface area contributed by atoms with Crippen LogP contribution in [0.2, 0.25) is 0 Å². The molecule has 6 atom stereocenters. The van der Waals surface area contributed by atoms with Crippen LogP contribution in [0.1, 0.15) is 83.6 Å². The Kier molecular flexibility index (Phi) is 8.60. The van der Waals surface area contributed by atoms with Gasteiger partial charge in [-0.25, -0.2) is 9.59 Å². The van der Waals surface area contributed by atoms with Gasteiger partial charge in [0.2, 0.25) is 11.7 Å². The van der Waals surface area contributed by atoms with Gasteiger partial charge in [0.15, 0.2) is 5.78 Å². The van der Waals surface area contributed by atoms with Gasteiger partial charge in [0.05, 0.1) is 17.1 Å². The van der Waals surface area contributed by atoms with Crippen molar-refractivity contribution in [3.8, 4) is 0 Å². The summed E-state index contributed by atoms with van der Waals surface area (Å²) in [4.78, 5) is 70.9. The van der Waals surface area contributed by atoms with Gasteiger partial charge in [-0.15, -0.1) is 0 Å². The molecule has 4 heterocycles. The van der Waals surface area contributed by atoms with Crippen LogP contribution in [0.15, 0.2) is 71.4 Å². The van der Waals surface area contributed by atoms with Crippen molar-refractivity contribution in [1.29, 1.82) is 0 Å². The zero-order valence-corrected chi connectivity index (χ0v) is 27.7. The summed E-state index contributed by atoms with van der Waals surface area (Å²) in [6, 6.07) is 7.70. The second kappa shape index (κ2) is 12.7. The molecule has 2 aliphatic carbocycles. The van der Waals surface area contributed by atoms with Gasteiger partial charge in [-0.1, -0.05) is 61.4 Å². The number of ketones is 1. The maximum Gasteiger partial charge on any atom is 0.343 e. The molecule has 0 radical (unpaired) electrons. The Morgan fingerprint density at radius 2 is 1.79 bits per heavy atom. The highest BCUT2D eigenvalue weighted by molar-refractivity contribution is 6.14. The fourth-order valence-corrected chi connectivity index (χ4v) is 9.09. The molecule has 1 amide bonds. The maximum atomic E-state index is 14.4. The Hall–Kier alpha value is -4.11. The van der Waals surface area contributed by atoms with Gasteiger partial charge < -0.3 is 19.1 Å². The SMILES string of the molecule is C/C=C/CCCCC[C@@H]1C=C2[C@]3(CC(=O)N4CCc5ccccc54)CC4=C(C(=O)OC4=O)[C@H]4[C@H]1C[C@H](C(=O)CC/C=C/C)O[C@@]24OC3=O. The number of ether oxygens (including phenoxy) is 3. The van der Waals surface area contributed by atoms with Crippen LogP contribution < -0.4 is 4.90 Å². The number of para-hydroxylation sites is 1. The van der Waals surface area contributed by atoms with Crippen LogP contribution in [0.4, 0.5) is 5.69 Å². The molecule has 5 bridgehead atoms. The third kappa shape index (κ3) is 5.13. The number of allylic oxidation sites excluding steroid dienone is 5. The predicted octanol–water partition coefficient (Wildman–Crippen LogP) is 6.02. The monoisotopic (exact) mass is 653 g/mol. The summed E-state index contributed by atoms with van der Waals surface area (Å²) in [5.74, 6) is -5.58. The number of rotatable bonds is 12. The van der Waals surface area contributed by atoms with Crippen LogP contribution >= 0.6 is 0 Å². The number of nitrogens with zero attached hydrogens (tertiary/aromatic N) is 1. The minimum Gasteiger partial charge on any atom is -0.427 e. The minimum absolute atomic E-state index is 0.0981. The van der Waals surface area contributed by atoms with E-state index in [0.29, 0.717) is 31.4 Å². The molecule has 2 saturated heterocycles. The van der Waals surface area contributed by atoms with E-state index in [0.717, 1.165) is 43.4 Å². The molecule has 7 rings (SSSR count). The Morgan fingerprint density at radius 3 is 2.60 bits per heavy atom. The first-order valence-electron chi connectivity index (χ1n) is 17.5. The highest BCUT2D eigenvalue weighted by atomic mass is 16.7. The molecule has 1 aromatic rings. The van der Waals surface area contributed by atoms with E-state index in [1.165, 1.54) is 0 Å². The predicted molar refractivity (Wildman–Crippen MR) is 176 cm³/mol. The van der Waals surface area contributed by atoms with Gasteiger partial charge in [-0.2, -0.15) is 0 Å². The first-order valence-corrected chi connectivity index (χ1v) is 17.5. The lowest BCUT2D eigenvalue weighted by atomic mass is 9.59. The number of unbranched alkanes of at least 4 members (excludes halogenated alkanes) is 3. The van der Waals surface area contributed by atoms with E-state index in [4.69, 9.17) is 14.2 Å². The van der Waals surface area contributed by atoms with Gasteiger partial charge in [0, 0.05) is 37.1 Å². The second-order valence-electron chi connectivity index (χ2n) is 14.0. The van der Waals surface area contributed by atoms with Crippen LogP contribution in [-0.2, 0) is 44.6 Å². The van der Waals surface area contributed by atoms with E-state index < -0.39 is 41.1 Å².